The van der Waals surface area contributed by atoms with Crippen molar-refractivity contribution in [3.05, 3.63) is 71.3 Å². The molecule has 2 aliphatic rings. The highest BCUT2D eigenvalue weighted by Gasteiger charge is 2.34. The molecule has 0 aromatic heterocycles. The zero-order valence-corrected chi connectivity index (χ0v) is 13.7. The average Bonchev–Trinajstić information content (AvgIpc) is 3.28. The van der Waals surface area contributed by atoms with E-state index in [9.17, 15) is 4.79 Å². The number of nitrogens with zero attached hydrogens (tertiary/aromatic N) is 2. The Balaban J connectivity index is 1.47. The second-order valence-electron chi connectivity index (χ2n) is 6.42. The van der Waals surface area contributed by atoms with Gasteiger partial charge in [0, 0.05) is 13.5 Å². The Morgan fingerprint density at radius 1 is 1.12 bits per heavy atom. The van der Waals surface area contributed by atoms with Gasteiger partial charge in [0.15, 0.2) is 6.10 Å². The molecule has 1 heterocycles. The maximum absolute atomic E-state index is 12.8. The largest absolute Gasteiger partial charge is 0.387 e. The summed E-state index contributed by atoms with van der Waals surface area (Å²) in [6.45, 7) is 0. The first-order valence-corrected chi connectivity index (χ1v) is 8.36. The SMILES string of the molecule is CN(C(=O)C1=NO[C@@H](c2ccccc2)C1)[C@@H]1CCc2ccccc21. The van der Waals surface area contributed by atoms with E-state index in [0.29, 0.717) is 12.1 Å². The van der Waals surface area contributed by atoms with Gasteiger partial charge in [0.05, 0.1) is 6.04 Å². The van der Waals surface area contributed by atoms with Crippen molar-refractivity contribution in [1.29, 1.82) is 0 Å². The second-order valence-corrected chi connectivity index (χ2v) is 6.42. The minimum absolute atomic E-state index is 0.0323. The van der Waals surface area contributed by atoms with Crippen LogP contribution in [0.1, 0.15) is 41.7 Å². The zero-order valence-electron chi connectivity index (χ0n) is 13.7. The molecule has 1 aliphatic carbocycles. The number of oxime groups is 1. The number of carbonyl (C=O) groups excluding carboxylic acids is 1. The number of aryl methyl sites for hydroxylation is 1. The van der Waals surface area contributed by atoms with Gasteiger partial charge in [0.25, 0.3) is 5.91 Å². The van der Waals surface area contributed by atoms with Crippen molar-refractivity contribution in [3.63, 3.8) is 0 Å². The van der Waals surface area contributed by atoms with Crippen LogP contribution in [0.25, 0.3) is 0 Å². The molecule has 2 aromatic carbocycles. The van der Waals surface area contributed by atoms with Crippen LogP contribution >= 0.6 is 0 Å². The lowest BCUT2D eigenvalue weighted by molar-refractivity contribution is -0.125. The van der Waals surface area contributed by atoms with E-state index >= 15 is 0 Å². The van der Waals surface area contributed by atoms with E-state index in [2.05, 4.69) is 23.4 Å². The van der Waals surface area contributed by atoms with Crippen molar-refractivity contribution in [2.75, 3.05) is 7.05 Å². The first-order valence-electron chi connectivity index (χ1n) is 8.36. The van der Waals surface area contributed by atoms with Gasteiger partial charge in [-0.15, -0.1) is 0 Å². The maximum Gasteiger partial charge on any atom is 0.272 e. The fourth-order valence-corrected chi connectivity index (χ4v) is 3.63. The minimum atomic E-state index is -0.158. The van der Waals surface area contributed by atoms with Gasteiger partial charge in [-0.2, -0.15) is 0 Å². The lowest BCUT2D eigenvalue weighted by Gasteiger charge is -2.25. The fraction of sp³-hybridized carbons (Fsp3) is 0.300. The molecule has 122 valence electrons. The average molecular weight is 320 g/mol. The van der Waals surface area contributed by atoms with E-state index in [1.165, 1.54) is 11.1 Å². The molecular formula is C20H20N2O2. The molecule has 0 saturated heterocycles. The van der Waals surface area contributed by atoms with Crippen LogP contribution in [0.5, 0.6) is 0 Å². The quantitative estimate of drug-likeness (QED) is 0.866. The van der Waals surface area contributed by atoms with Crippen molar-refractivity contribution in [1.82, 2.24) is 4.90 Å². The molecule has 0 radical (unpaired) electrons. The molecule has 4 heteroatoms. The van der Waals surface area contributed by atoms with Crippen LogP contribution in [0.4, 0.5) is 0 Å². The Kier molecular flexibility index (Phi) is 3.81. The highest BCUT2D eigenvalue weighted by Crippen LogP contribution is 2.36. The summed E-state index contributed by atoms with van der Waals surface area (Å²) >= 11 is 0. The molecule has 0 fully saturated rings. The number of benzene rings is 2. The topological polar surface area (TPSA) is 41.9 Å². The van der Waals surface area contributed by atoms with E-state index in [-0.39, 0.29) is 18.1 Å². The summed E-state index contributed by atoms with van der Waals surface area (Å²) in [4.78, 5) is 20.2. The van der Waals surface area contributed by atoms with E-state index in [1.54, 1.807) is 0 Å². The van der Waals surface area contributed by atoms with Crippen LogP contribution < -0.4 is 0 Å². The first-order chi connectivity index (χ1) is 11.7. The highest BCUT2D eigenvalue weighted by atomic mass is 16.6. The van der Waals surface area contributed by atoms with Gasteiger partial charge in [-0.25, -0.2) is 0 Å². The molecule has 2 atom stereocenters. The van der Waals surface area contributed by atoms with Crippen molar-refractivity contribution < 1.29 is 9.63 Å². The monoisotopic (exact) mass is 320 g/mol. The number of carbonyl (C=O) groups is 1. The Labute approximate surface area is 141 Å². The molecular weight excluding hydrogens is 300 g/mol. The molecule has 0 saturated carbocycles. The zero-order chi connectivity index (χ0) is 16.5. The van der Waals surface area contributed by atoms with Gasteiger partial charge in [-0.05, 0) is 29.5 Å². The van der Waals surface area contributed by atoms with Gasteiger partial charge in [0.1, 0.15) is 5.71 Å². The van der Waals surface area contributed by atoms with E-state index in [1.807, 2.05) is 48.3 Å². The number of rotatable bonds is 3. The third-order valence-corrected chi connectivity index (χ3v) is 4.98. The van der Waals surface area contributed by atoms with E-state index in [4.69, 9.17) is 4.84 Å². The lowest BCUT2D eigenvalue weighted by Crippen LogP contribution is -2.35. The van der Waals surface area contributed by atoms with Crippen molar-refractivity contribution in [2.24, 2.45) is 5.16 Å². The Bertz CT molecular complexity index is 785. The molecule has 0 unspecified atom stereocenters. The Morgan fingerprint density at radius 2 is 1.88 bits per heavy atom. The molecule has 0 spiro atoms. The number of hydrogen-bond donors (Lipinski definition) is 0. The fourth-order valence-electron chi connectivity index (χ4n) is 3.63. The molecule has 1 amide bonds. The second kappa shape index (κ2) is 6.11. The van der Waals surface area contributed by atoms with E-state index in [0.717, 1.165) is 18.4 Å². The molecule has 0 bridgehead atoms. The molecule has 4 rings (SSSR count). The summed E-state index contributed by atoms with van der Waals surface area (Å²) in [5.41, 5.74) is 4.16. The van der Waals surface area contributed by atoms with Crippen LogP contribution in [0, 0.1) is 0 Å². The van der Waals surface area contributed by atoms with Gasteiger partial charge in [-0.3, -0.25) is 4.79 Å². The summed E-state index contributed by atoms with van der Waals surface area (Å²) in [6, 6.07) is 18.4. The smallest absolute Gasteiger partial charge is 0.272 e. The van der Waals surface area contributed by atoms with Gasteiger partial charge < -0.3 is 9.74 Å². The molecule has 0 N–H and O–H groups in total. The third-order valence-electron chi connectivity index (χ3n) is 4.98. The number of hydrogen-bond acceptors (Lipinski definition) is 3. The standard InChI is InChI=1S/C20H20N2O2/c1-22(18-12-11-14-7-5-6-10-16(14)18)20(23)17-13-19(24-21-17)15-8-3-2-4-9-15/h2-10,18-19H,11-13H2,1H3/t18-,19-/m1/s1. The highest BCUT2D eigenvalue weighted by molar-refractivity contribution is 6.39. The number of amides is 1. The van der Waals surface area contributed by atoms with Crippen LogP contribution in [-0.2, 0) is 16.1 Å². The summed E-state index contributed by atoms with van der Waals surface area (Å²) < 4.78 is 0. The van der Waals surface area contributed by atoms with Gasteiger partial charge in [0.2, 0.25) is 0 Å². The number of fused-ring (bicyclic) bond motifs is 1. The van der Waals surface area contributed by atoms with Crippen LogP contribution in [-0.4, -0.2) is 23.6 Å². The van der Waals surface area contributed by atoms with Gasteiger partial charge in [-0.1, -0.05) is 59.8 Å². The molecule has 1 aliphatic heterocycles. The summed E-state index contributed by atoms with van der Waals surface area (Å²) in [7, 11) is 1.87. The van der Waals surface area contributed by atoms with Crippen LogP contribution in [0.2, 0.25) is 0 Å². The lowest BCUT2D eigenvalue weighted by atomic mass is 10.0. The van der Waals surface area contributed by atoms with Crippen molar-refractivity contribution >= 4 is 11.6 Å². The predicted molar refractivity (Wildman–Crippen MR) is 92.6 cm³/mol. The van der Waals surface area contributed by atoms with E-state index < -0.39 is 0 Å². The predicted octanol–water partition coefficient (Wildman–Crippen LogP) is 3.65. The molecule has 4 nitrogen and oxygen atoms in total. The molecule has 2 aromatic rings. The Hall–Kier alpha value is -2.62. The first kappa shape index (κ1) is 14.9. The normalized spacial score (nSPS) is 21.8. The van der Waals surface area contributed by atoms with Crippen molar-refractivity contribution in [2.45, 2.75) is 31.4 Å². The minimum Gasteiger partial charge on any atom is -0.387 e. The third kappa shape index (κ3) is 2.58. The summed E-state index contributed by atoms with van der Waals surface area (Å²) in [6.07, 6.45) is 2.36. The van der Waals surface area contributed by atoms with Gasteiger partial charge >= 0.3 is 0 Å². The van der Waals surface area contributed by atoms with Crippen molar-refractivity contribution in [3.8, 4) is 0 Å². The Morgan fingerprint density at radius 3 is 2.71 bits per heavy atom. The van der Waals surface area contributed by atoms with Crippen LogP contribution in [0.15, 0.2) is 59.8 Å². The van der Waals surface area contributed by atoms with Crippen LogP contribution in [0.3, 0.4) is 0 Å². The summed E-state index contributed by atoms with van der Waals surface area (Å²) in [5, 5.41) is 4.07. The molecule has 24 heavy (non-hydrogen) atoms. The maximum atomic E-state index is 12.8. The summed E-state index contributed by atoms with van der Waals surface area (Å²) in [5.74, 6) is -0.0323.